The fourth-order valence-electron chi connectivity index (χ4n) is 4.55. The molecule has 2 aliphatic heterocycles. The van der Waals surface area contributed by atoms with Gasteiger partial charge in [0, 0.05) is 43.0 Å². The van der Waals surface area contributed by atoms with Crippen LogP contribution in [0, 0.1) is 12.3 Å². The van der Waals surface area contributed by atoms with E-state index in [1.54, 1.807) is 0 Å². The van der Waals surface area contributed by atoms with Crippen LogP contribution in [0.4, 0.5) is 5.82 Å². The van der Waals surface area contributed by atoms with Crippen molar-refractivity contribution in [2.45, 2.75) is 26.2 Å². The molecule has 0 amide bonds. The third-order valence-electron chi connectivity index (χ3n) is 5.91. The second-order valence-electron chi connectivity index (χ2n) is 7.70. The molecule has 134 valence electrons. The minimum atomic E-state index is 0.424. The van der Waals surface area contributed by atoms with E-state index in [9.17, 15) is 0 Å². The SMILES string of the molecule is Cc1nc2ccc(N3CC[C@]4(CCCNC4)C3)nn2c1-c1ccncc1. The van der Waals surface area contributed by atoms with Crippen LogP contribution in [0.25, 0.3) is 16.9 Å². The quantitative estimate of drug-likeness (QED) is 0.772. The molecule has 0 bridgehead atoms. The molecule has 2 aliphatic rings. The molecule has 1 spiro atoms. The normalized spacial score (nSPS) is 23.2. The van der Waals surface area contributed by atoms with Crippen molar-refractivity contribution >= 4 is 11.5 Å². The number of hydrogen-bond acceptors (Lipinski definition) is 5. The van der Waals surface area contributed by atoms with Gasteiger partial charge in [-0.2, -0.15) is 0 Å². The van der Waals surface area contributed by atoms with Crippen LogP contribution in [-0.4, -0.2) is 45.8 Å². The fraction of sp³-hybridized carbons (Fsp3) is 0.450. The number of fused-ring (bicyclic) bond motifs is 1. The number of imidazole rings is 1. The van der Waals surface area contributed by atoms with Gasteiger partial charge in [-0.15, -0.1) is 5.10 Å². The van der Waals surface area contributed by atoms with E-state index in [1.165, 1.54) is 19.3 Å². The maximum Gasteiger partial charge on any atom is 0.154 e. The van der Waals surface area contributed by atoms with Gasteiger partial charge in [-0.25, -0.2) is 9.50 Å². The summed E-state index contributed by atoms with van der Waals surface area (Å²) in [5, 5.41) is 8.56. The molecule has 3 aromatic heterocycles. The molecule has 0 saturated carbocycles. The Kier molecular flexibility index (Phi) is 3.67. The molecule has 5 heterocycles. The summed E-state index contributed by atoms with van der Waals surface area (Å²) in [6, 6.07) is 8.24. The van der Waals surface area contributed by atoms with E-state index in [0.29, 0.717) is 5.41 Å². The first-order valence-corrected chi connectivity index (χ1v) is 9.47. The lowest BCUT2D eigenvalue weighted by molar-refractivity contribution is 0.239. The highest BCUT2D eigenvalue weighted by Crippen LogP contribution is 2.38. The Labute approximate surface area is 153 Å². The van der Waals surface area contributed by atoms with E-state index in [1.807, 2.05) is 36.0 Å². The van der Waals surface area contributed by atoms with E-state index in [2.05, 4.69) is 27.3 Å². The molecule has 0 aromatic carbocycles. The number of anilines is 1. The summed E-state index contributed by atoms with van der Waals surface area (Å²) in [7, 11) is 0. The van der Waals surface area contributed by atoms with Crippen molar-refractivity contribution in [3.8, 4) is 11.3 Å². The van der Waals surface area contributed by atoms with Crippen molar-refractivity contribution in [1.29, 1.82) is 0 Å². The predicted octanol–water partition coefficient (Wildman–Crippen LogP) is 2.68. The Morgan fingerprint density at radius 3 is 2.81 bits per heavy atom. The molecule has 6 heteroatoms. The Morgan fingerprint density at radius 2 is 2.00 bits per heavy atom. The zero-order valence-corrected chi connectivity index (χ0v) is 15.1. The molecular formula is C20H24N6. The van der Waals surface area contributed by atoms with Crippen molar-refractivity contribution in [2.24, 2.45) is 5.41 Å². The van der Waals surface area contributed by atoms with E-state index in [4.69, 9.17) is 10.1 Å². The van der Waals surface area contributed by atoms with Crippen molar-refractivity contribution in [2.75, 3.05) is 31.1 Å². The Hall–Kier alpha value is -2.47. The molecule has 2 saturated heterocycles. The molecule has 3 aromatic rings. The van der Waals surface area contributed by atoms with Gasteiger partial charge < -0.3 is 10.2 Å². The van der Waals surface area contributed by atoms with Crippen LogP contribution in [0.5, 0.6) is 0 Å². The Morgan fingerprint density at radius 1 is 1.12 bits per heavy atom. The van der Waals surface area contributed by atoms with Crippen LogP contribution in [-0.2, 0) is 0 Å². The van der Waals surface area contributed by atoms with E-state index in [0.717, 1.165) is 54.6 Å². The van der Waals surface area contributed by atoms with Crippen LogP contribution < -0.4 is 10.2 Å². The zero-order valence-electron chi connectivity index (χ0n) is 15.1. The van der Waals surface area contributed by atoms with Gasteiger partial charge in [0.2, 0.25) is 0 Å². The highest BCUT2D eigenvalue weighted by molar-refractivity contribution is 5.66. The molecule has 0 aliphatic carbocycles. The third-order valence-corrected chi connectivity index (χ3v) is 5.91. The number of rotatable bonds is 2. The number of nitrogens with zero attached hydrogens (tertiary/aromatic N) is 5. The fourth-order valence-corrected chi connectivity index (χ4v) is 4.55. The van der Waals surface area contributed by atoms with Gasteiger partial charge in [0.15, 0.2) is 5.65 Å². The summed E-state index contributed by atoms with van der Waals surface area (Å²) in [6.45, 7) is 6.52. The number of pyridine rings is 1. The first kappa shape index (κ1) is 15.8. The molecule has 0 radical (unpaired) electrons. The molecule has 26 heavy (non-hydrogen) atoms. The lowest BCUT2D eigenvalue weighted by Gasteiger charge is -2.33. The van der Waals surface area contributed by atoms with Gasteiger partial charge in [-0.1, -0.05) is 0 Å². The van der Waals surface area contributed by atoms with Crippen molar-refractivity contribution in [3.05, 3.63) is 42.4 Å². The number of aromatic nitrogens is 4. The van der Waals surface area contributed by atoms with Crippen molar-refractivity contribution in [1.82, 2.24) is 24.9 Å². The third kappa shape index (κ3) is 2.56. The van der Waals surface area contributed by atoms with Gasteiger partial charge in [0.1, 0.15) is 5.82 Å². The van der Waals surface area contributed by atoms with Crippen LogP contribution >= 0.6 is 0 Å². The van der Waals surface area contributed by atoms with Gasteiger partial charge in [-0.3, -0.25) is 4.98 Å². The topological polar surface area (TPSA) is 58.4 Å². The molecule has 5 rings (SSSR count). The maximum absolute atomic E-state index is 4.97. The molecule has 2 fully saturated rings. The Balaban J connectivity index is 1.52. The molecule has 1 atom stereocenters. The van der Waals surface area contributed by atoms with Crippen LogP contribution in [0.15, 0.2) is 36.7 Å². The average molecular weight is 348 g/mol. The minimum Gasteiger partial charge on any atom is -0.355 e. The average Bonchev–Trinajstić information content (AvgIpc) is 3.23. The summed E-state index contributed by atoms with van der Waals surface area (Å²) < 4.78 is 1.99. The lowest BCUT2D eigenvalue weighted by atomic mass is 9.80. The van der Waals surface area contributed by atoms with Gasteiger partial charge >= 0.3 is 0 Å². The highest BCUT2D eigenvalue weighted by atomic mass is 15.3. The number of aryl methyl sites for hydroxylation is 1. The van der Waals surface area contributed by atoms with Gasteiger partial charge in [0.25, 0.3) is 0 Å². The zero-order chi connectivity index (χ0) is 17.6. The van der Waals surface area contributed by atoms with E-state index < -0.39 is 0 Å². The number of nitrogens with one attached hydrogen (secondary N) is 1. The summed E-state index contributed by atoms with van der Waals surface area (Å²) in [6.07, 6.45) is 7.49. The number of hydrogen-bond donors (Lipinski definition) is 1. The molecule has 0 unspecified atom stereocenters. The molecule has 1 N–H and O–H groups in total. The van der Waals surface area contributed by atoms with E-state index in [-0.39, 0.29) is 0 Å². The van der Waals surface area contributed by atoms with E-state index >= 15 is 0 Å². The summed E-state index contributed by atoms with van der Waals surface area (Å²) >= 11 is 0. The predicted molar refractivity (Wildman–Crippen MR) is 102 cm³/mol. The largest absolute Gasteiger partial charge is 0.355 e. The summed E-state index contributed by atoms with van der Waals surface area (Å²) in [5.74, 6) is 1.05. The van der Waals surface area contributed by atoms with Crippen molar-refractivity contribution < 1.29 is 0 Å². The second kappa shape index (κ2) is 6.06. The molecular weight excluding hydrogens is 324 g/mol. The van der Waals surface area contributed by atoms with Crippen molar-refractivity contribution in [3.63, 3.8) is 0 Å². The molecule has 6 nitrogen and oxygen atoms in total. The monoisotopic (exact) mass is 348 g/mol. The summed E-state index contributed by atoms with van der Waals surface area (Å²) in [5.41, 5.74) is 4.47. The summed E-state index contributed by atoms with van der Waals surface area (Å²) in [4.78, 5) is 11.3. The van der Waals surface area contributed by atoms with Crippen LogP contribution in [0.1, 0.15) is 25.0 Å². The first-order chi connectivity index (χ1) is 12.7. The Bertz CT molecular complexity index is 926. The minimum absolute atomic E-state index is 0.424. The highest BCUT2D eigenvalue weighted by Gasteiger charge is 2.39. The first-order valence-electron chi connectivity index (χ1n) is 9.47. The lowest BCUT2D eigenvalue weighted by Crippen LogP contribution is -2.42. The maximum atomic E-state index is 4.97. The smallest absolute Gasteiger partial charge is 0.154 e. The van der Waals surface area contributed by atoms with Crippen LogP contribution in [0.2, 0.25) is 0 Å². The van der Waals surface area contributed by atoms with Crippen LogP contribution in [0.3, 0.4) is 0 Å². The van der Waals surface area contributed by atoms with Gasteiger partial charge in [0.05, 0.1) is 11.4 Å². The van der Waals surface area contributed by atoms with Gasteiger partial charge in [-0.05, 0) is 57.0 Å². The standard InChI is InChI=1S/C20H24N6/c1-15-19(16-5-10-21-11-6-16)26-17(23-15)3-4-18(24-26)25-12-8-20(14-25)7-2-9-22-13-20/h3-6,10-11,22H,2,7-9,12-14H2,1H3/t20-/m0/s1. The second-order valence-corrected chi connectivity index (χ2v) is 7.70. The number of piperidine rings is 1.